The molecular weight excluding hydrogens is 464 g/mol. The van der Waals surface area contributed by atoms with Crippen molar-refractivity contribution in [3.05, 3.63) is 90.0 Å². The van der Waals surface area contributed by atoms with E-state index in [0.717, 1.165) is 30.5 Å². The van der Waals surface area contributed by atoms with Crippen molar-refractivity contribution in [1.82, 2.24) is 4.90 Å². The maximum absolute atomic E-state index is 14.5. The third-order valence-electron chi connectivity index (χ3n) is 7.62. The molecule has 2 atom stereocenters. The van der Waals surface area contributed by atoms with Crippen LogP contribution in [0.15, 0.2) is 78.9 Å². The zero-order valence-corrected chi connectivity index (χ0v) is 21.5. The molecule has 37 heavy (non-hydrogen) atoms. The smallest absolute Gasteiger partial charge is 0.267 e. The summed E-state index contributed by atoms with van der Waals surface area (Å²) in [6.07, 6.45) is 4.73. The molecule has 0 saturated heterocycles. The molecule has 1 N–H and O–H groups in total. The molecule has 1 aliphatic heterocycles. The molecule has 1 heterocycles. The van der Waals surface area contributed by atoms with Crippen molar-refractivity contribution in [3.63, 3.8) is 0 Å². The lowest BCUT2D eigenvalue weighted by Gasteiger charge is -2.49. The second-order valence-electron chi connectivity index (χ2n) is 9.83. The normalized spacial score (nSPS) is 17.9. The highest BCUT2D eigenvalue weighted by molar-refractivity contribution is 6.08. The van der Waals surface area contributed by atoms with E-state index in [4.69, 9.17) is 9.47 Å². The highest BCUT2D eigenvalue weighted by Crippen LogP contribution is 2.44. The Morgan fingerprint density at radius 2 is 1.65 bits per heavy atom. The fourth-order valence-corrected chi connectivity index (χ4v) is 5.75. The number of methoxy groups -OCH3 is 1. The molecule has 0 radical (unpaired) electrons. The minimum atomic E-state index is -0.945. The summed E-state index contributed by atoms with van der Waals surface area (Å²) < 4.78 is 12.1. The van der Waals surface area contributed by atoms with Crippen LogP contribution in [0.1, 0.15) is 67.4 Å². The molecule has 2 aliphatic rings. The highest BCUT2D eigenvalue weighted by Gasteiger charge is 2.52. The molecule has 3 aromatic carbocycles. The van der Waals surface area contributed by atoms with Gasteiger partial charge in [0.25, 0.3) is 5.91 Å². The number of nitrogens with zero attached hydrogens (tertiary/aromatic N) is 1. The number of carbonyl (C=O) groups is 2. The Bertz CT molecular complexity index is 1250. The first-order valence-corrected chi connectivity index (χ1v) is 13.2. The van der Waals surface area contributed by atoms with E-state index >= 15 is 0 Å². The van der Waals surface area contributed by atoms with Crippen molar-refractivity contribution in [3.8, 4) is 11.5 Å². The molecule has 1 spiro atoms. The molecule has 1 fully saturated rings. The van der Waals surface area contributed by atoms with Crippen LogP contribution < -0.4 is 14.8 Å². The van der Waals surface area contributed by atoms with Crippen molar-refractivity contribution in [2.24, 2.45) is 5.92 Å². The van der Waals surface area contributed by atoms with Crippen molar-refractivity contribution >= 4 is 17.5 Å². The van der Waals surface area contributed by atoms with Gasteiger partial charge in [0.2, 0.25) is 5.91 Å². The molecule has 192 valence electrons. The van der Waals surface area contributed by atoms with Gasteiger partial charge in [0, 0.05) is 12.8 Å². The van der Waals surface area contributed by atoms with Gasteiger partial charge in [0.1, 0.15) is 11.5 Å². The molecule has 6 heteroatoms. The quantitative estimate of drug-likeness (QED) is 0.398. The Kier molecular flexibility index (Phi) is 7.17. The number of rotatable bonds is 7. The number of ether oxygens (including phenoxy) is 2. The second kappa shape index (κ2) is 10.7. The summed E-state index contributed by atoms with van der Waals surface area (Å²) in [5.41, 5.74) is 1.26. The largest absolute Gasteiger partial charge is 0.495 e. The van der Waals surface area contributed by atoms with Gasteiger partial charge >= 0.3 is 0 Å². The molecule has 3 aromatic rings. The third kappa shape index (κ3) is 4.68. The zero-order valence-electron chi connectivity index (χ0n) is 21.5. The molecule has 6 nitrogen and oxygen atoms in total. The highest BCUT2D eigenvalue weighted by atomic mass is 16.5. The number of hydrogen-bond acceptors (Lipinski definition) is 5. The summed E-state index contributed by atoms with van der Waals surface area (Å²) in [4.78, 5) is 30.0. The van der Waals surface area contributed by atoms with E-state index in [-0.39, 0.29) is 17.9 Å². The van der Waals surface area contributed by atoms with Crippen molar-refractivity contribution < 1.29 is 19.1 Å². The first-order valence-electron chi connectivity index (χ1n) is 13.2. The van der Waals surface area contributed by atoms with E-state index in [1.165, 1.54) is 4.90 Å². The number of para-hydroxylation sites is 3. The summed E-state index contributed by atoms with van der Waals surface area (Å²) >= 11 is 0. The maximum atomic E-state index is 14.5. The molecule has 5 rings (SSSR count). The fourth-order valence-electron chi connectivity index (χ4n) is 5.75. The van der Waals surface area contributed by atoms with Gasteiger partial charge in [0.15, 0.2) is 5.72 Å². The Morgan fingerprint density at radius 3 is 2.38 bits per heavy atom. The first-order chi connectivity index (χ1) is 18.1. The number of hydrogen-bond donors (Lipinski definition) is 1. The van der Waals surface area contributed by atoms with E-state index in [1.54, 1.807) is 13.2 Å². The number of imide groups is 1. The lowest BCUT2D eigenvalue weighted by molar-refractivity contribution is -0.158. The lowest BCUT2D eigenvalue weighted by Crippen LogP contribution is -2.63. The summed E-state index contributed by atoms with van der Waals surface area (Å²) in [5, 5.41) is 3.59. The number of amides is 2. The Morgan fingerprint density at radius 1 is 0.973 bits per heavy atom. The minimum Gasteiger partial charge on any atom is -0.495 e. The van der Waals surface area contributed by atoms with Crippen LogP contribution in [0.2, 0.25) is 0 Å². The van der Waals surface area contributed by atoms with Crippen molar-refractivity contribution in [1.29, 1.82) is 0 Å². The van der Waals surface area contributed by atoms with E-state index in [0.29, 0.717) is 36.3 Å². The van der Waals surface area contributed by atoms with Gasteiger partial charge in [-0.15, -0.1) is 0 Å². The molecule has 0 unspecified atom stereocenters. The van der Waals surface area contributed by atoms with Crippen LogP contribution in [0.5, 0.6) is 11.5 Å². The van der Waals surface area contributed by atoms with Crippen LogP contribution in [-0.2, 0) is 4.79 Å². The van der Waals surface area contributed by atoms with Crippen LogP contribution >= 0.6 is 0 Å². The average Bonchev–Trinajstić information content (AvgIpc) is 2.94. The summed E-state index contributed by atoms with van der Waals surface area (Å²) in [5.74, 6) is 0.277. The lowest BCUT2D eigenvalue weighted by atomic mass is 9.84. The zero-order chi connectivity index (χ0) is 25.8. The van der Waals surface area contributed by atoms with Gasteiger partial charge in [-0.05, 0) is 49.1 Å². The predicted molar refractivity (Wildman–Crippen MR) is 144 cm³/mol. The van der Waals surface area contributed by atoms with E-state index < -0.39 is 11.6 Å². The SMILES string of the molecule is CC[C@H](C(=O)N1C(=O)c2ccccc2OC12CCCCC2)[C@@H](Nc1ccccc1OC)c1ccccc1. The monoisotopic (exact) mass is 498 g/mol. The number of anilines is 1. The van der Waals surface area contributed by atoms with Crippen molar-refractivity contribution in [2.45, 2.75) is 57.2 Å². The third-order valence-corrected chi connectivity index (χ3v) is 7.62. The fraction of sp³-hybridized carbons (Fsp3) is 0.355. The number of carbonyl (C=O) groups excluding carboxylic acids is 2. The standard InChI is InChI=1S/C31H34N2O4/c1-3-23(28(22-14-6-4-7-15-22)32-25-17-9-11-19-27(25)36-2)29(34)33-30(35)24-16-8-10-18-26(24)37-31(33)20-12-5-13-21-31/h4,6-11,14-19,23,28,32H,3,5,12-13,20-21H2,1-2H3/t23-,28-/m0/s1. The second-order valence-corrected chi connectivity index (χ2v) is 9.83. The molecular formula is C31H34N2O4. The molecule has 0 bridgehead atoms. The van der Waals surface area contributed by atoms with E-state index in [1.807, 2.05) is 79.7 Å². The van der Waals surface area contributed by atoms with Crippen molar-refractivity contribution in [2.75, 3.05) is 12.4 Å². The van der Waals surface area contributed by atoms with Gasteiger partial charge in [0.05, 0.1) is 30.3 Å². The summed E-state index contributed by atoms with van der Waals surface area (Å²) in [6, 6.07) is 24.5. The minimum absolute atomic E-state index is 0.208. The topological polar surface area (TPSA) is 67.9 Å². The summed E-state index contributed by atoms with van der Waals surface area (Å²) in [7, 11) is 1.63. The van der Waals surface area contributed by atoms with Crippen LogP contribution in [0, 0.1) is 5.92 Å². The van der Waals surface area contributed by atoms with E-state index in [2.05, 4.69) is 5.32 Å². The molecule has 2 amide bonds. The van der Waals surface area contributed by atoms with Gasteiger partial charge in [-0.1, -0.05) is 67.9 Å². The number of fused-ring (bicyclic) bond motifs is 1. The Labute approximate surface area is 218 Å². The Hall–Kier alpha value is -3.80. The van der Waals surface area contributed by atoms with Crippen LogP contribution in [-0.4, -0.2) is 29.5 Å². The van der Waals surface area contributed by atoms with Crippen LogP contribution in [0.4, 0.5) is 5.69 Å². The maximum Gasteiger partial charge on any atom is 0.267 e. The summed E-state index contributed by atoms with van der Waals surface area (Å²) in [6.45, 7) is 2.00. The molecule has 1 aliphatic carbocycles. The van der Waals surface area contributed by atoms with Gasteiger partial charge in [-0.25, -0.2) is 4.90 Å². The van der Waals surface area contributed by atoms with Crippen LogP contribution in [0.25, 0.3) is 0 Å². The van der Waals surface area contributed by atoms with Gasteiger partial charge in [-0.2, -0.15) is 0 Å². The first kappa shape index (κ1) is 24.9. The molecule has 1 saturated carbocycles. The van der Waals surface area contributed by atoms with E-state index in [9.17, 15) is 9.59 Å². The molecule has 0 aromatic heterocycles. The average molecular weight is 499 g/mol. The van der Waals surface area contributed by atoms with Crippen LogP contribution in [0.3, 0.4) is 0 Å². The number of benzene rings is 3. The number of nitrogens with one attached hydrogen (secondary N) is 1. The van der Waals surface area contributed by atoms with Gasteiger partial charge in [-0.3, -0.25) is 9.59 Å². The predicted octanol–water partition coefficient (Wildman–Crippen LogP) is 6.60. The van der Waals surface area contributed by atoms with Gasteiger partial charge < -0.3 is 14.8 Å². The Balaban J connectivity index is 1.57.